The Balaban J connectivity index is 2.64. The van der Waals surface area contributed by atoms with E-state index in [9.17, 15) is 0 Å². The lowest BCUT2D eigenvalue weighted by molar-refractivity contribution is -0.136. The minimum atomic E-state index is -0.464. The lowest BCUT2D eigenvalue weighted by Crippen LogP contribution is -2.45. The van der Waals surface area contributed by atoms with E-state index in [4.69, 9.17) is 43.7 Å². The van der Waals surface area contributed by atoms with Crippen molar-refractivity contribution in [1.29, 1.82) is 0 Å². The molecule has 0 amide bonds. The number of ether oxygens (including phenoxy) is 6. The van der Waals surface area contributed by atoms with Gasteiger partial charge in [0, 0.05) is 7.11 Å². The van der Waals surface area contributed by atoms with E-state index in [1.165, 1.54) is 0 Å². The molecule has 0 aromatic rings. The Bertz CT molecular complexity index is 292. The molecule has 0 bridgehead atoms. The molecular weight excluding hydrogens is 324 g/mol. The Morgan fingerprint density at radius 1 is 0.958 bits per heavy atom. The lowest BCUT2D eigenvalue weighted by Gasteiger charge is -2.29. The Morgan fingerprint density at radius 3 is 2.33 bits per heavy atom. The fraction of sp³-hybridized carbons (Fsp3) is 1.00. The predicted molar refractivity (Wildman–Crippen MR) is 82.9 cm³/mol. The molecule has 1 aliphatic heterocycles. The molecule has 0 aliphatic carbocycles. The van der Waals surface area contributed by atoms with Crippen LogP contribution in [0.2, 0.25) is 0 Å². The normalized spacial score (nSPS) is 25.2. The summed E-state index contributed by atoms with van der Waals surface area (Å²) in [5.41, 5.74) is 0. The van der Waals surface area contributed by atoms with E-state index >= 15 is 0 Å². The minimum absolute atomic E-state index is 0.0988. The SMILES string of the molecule is COCCOCC(OCCO)C1OCC(OCCO)C1OCCO. The van der Waals surface area contributed by atoms with E-state index in [-0.39, 0.29) is 59.0 Å². The highest BCUT2D eigenvalue weighted by molar-refractivity contribution is 4.91. The number of aliphatic hydroxyl groups excluding tert-OH is 3. The number of methoxy groups -OCH3 is 1. The zero-order valence-corrected chi connectivity index (χ0v) is 14.2. The summed E-state index contributed by atoms with van der Waals surface area (Å²) in [6.07, 6.45) is -1.75. The molecule has 4 atom stereocenters. The predicted octanol–water partition coefficient (Wildman–Crippen LogP) is -1.82. The maximum atomic E-state index is 9.01. The topological polar surface area (TPSA) is 116 Å². The molecule has 0 aromatic carbocycles. The Morgan fingerprint density at radius 2 is 1.67 bits per heavy atom. The van der Waals surface area contributed by atoms with E-state index in [2.05, 4.69) is 0 Å². The highest BCUT2D eigenvalue weighted by Gasteiger charge is 2.43. The van der Waals surface area contributed by atoms with Crippen molar-refractivity contribution in [3.63, 3.8) is 0 Å². The van der Waals surface area contributed by atoms with E-state index in [1.54, 1.807) is 7.11 Å². The third-order valence-corrected chi connectivity index (χ3v) is 3.47. The Kier molecular flexibility index (Phi) is 12.5. The average molecular weight is 354 g/mol. The molecule has 0 saturated carbocycles. The van der Waals surface area contributed by atoms with Crippen LogP contribution >= 0.6 is 0 Å². The monoisotopic (exact) mass is 354 g/mol. The van der Waals surface area contributed by atoms with Crippen molar-refractivity contribution < 1.29 is 43.7 Å². The van der Waals surface area contributed by atoms with Crippen molar-refractivity contribution in [2.45, 2.75) is 24.4 Å². The van der Waals surface area contributed by atoms with Gasteiger partial charge >= 0.3 is 0 Å². The first-order valence-corrected chi connectivity index (χ1v) is 8.14. The van der Waals surface area contributed by atoms with Crippen molar-refractivity contribution in [3.8, 4) is 0 Å². The first kappa shape index (κ1) is 21.7. The molecule has 3 N–H and O–H groups in total. The summed E-state index contributed by atoms with van der Waals surface area (Å²) in [6, 6.07) is 0. The standard InChI is InChI=1S/C15H30O9/c1-19-8-9-20-10-12(21-5-2-16)15-14(23-7-4-18)13(11-24-15)22-6-3-17/h12-18H,2-11H2,1H3. The van der Waals surface area contributed by atoms with Crippen molar-refractivity contribution in [2.24, 2.45) is 0 Å². The largest absolute Gasteiger partial charge is 0.394 e. The smallest absolute Gasteiger partial charge is 0.115 e. The summed E-state index contributed by atoms with van der Waals surface area (Å²) in [6.45, 7) is 1.53. The number of rotatable bonds is 15. The van der Waals surface area contributed by atoms with Gasteiger partial charge in [-0.25, -0.2) is 0 Å². The van der Waals surface area contributed by atoms with Gasteiger partial charge < -0.3 is 43.7 Å². The number of aliphatic hydroxyl groups is 3. The summed E-state index contributed by atoms with van der Waals surface area (Å²) in [7, 11) is 1.59. The highest BCUT2D eigenvalue weighted by atomic mass is 16.6. The van der Waals surface area contributed by atoms with Crippen LogP contribution in [0, 0.1) is 0 Å². The molecule has 24 heavy (non-hydrogen) atoms. The first-order chi connectivity index (χ1) is 11.8. The van der Waals surface area contributed by atoms with Gasteiger partial charge in [-0.3, -0.25) is 0 Å². The van der Waals surface area contributed by atoms with Gasteiger partial charge in [0.2, 0.25) is 0 Å². The summed E-state index contributed by atoms with van der Waals surface area (Å²) in [4.78, 5) is 0. The Hall–Kier alpha value is -0.360. The van der Waals surface area contributed by atoms with Crippen molar-refractivity contribution in [1.82, 2.24) is 0 Å². The van der Waals surface area contributed by atoms with E-state index in [0.29, 0.717) is 13.2 Å². The minimum Gasteiger partial charge on any atom is -0.394 e. The fourth-order valence-electron chi connectivity index (χ4n) is 2.45. The fourth-order valence-corrected chi connectivity index (χ4v) is 2.45. The zero-order chi connectivity index (χ0) is 17.6. The van der Waals surface area contributed by atoms with Crippen molar-refractivity contribution in [3.05, 3.63) is 0 Å². The highest BCUT2D eigenvalue weighted by Crippen LogP contribution is 2.25. The first-order valence-electron chi connectivity index (χ1n) is 8.14. The number of hydrogen-bond donors (Lipinski definition) is 3. The van der Waals surface area contributed by atoms with E-state index in [1.807, 2.05) is 0 Å². The van der Waals surface area contributed by atoms with Gasteiger partial charge in [-0.1, -0.05) is 0 Å². The molecule has 144 valence electrons. The molecule has 1 aliphatic rings. The van der Waals surface area contributed by atoms with Crippen LogP contribution in [0.1, 0.15) is 0 Å². The zero-order valence-electron chi connectivity index (χ0n) is 14.2. The van der Waals surface area contributed by atoms with Gasteiger partial charge in [-0.2, -0.15) is 0 Å². The molecule has 0 radical (unpaired) electrons. The van der Waals surface area contributed by atoms with Gasteiger partial charge in [0.15, 0.2) is 0 Å². The molecule has 1 saturated heterocycles. The number of hydrogen-bond acceptors (Lipinski definition) is 9. The van der Waals surface area contributed by atoms with Gasteiger partial charge in [-0.15, -0.1) is 0 Å². The molecule has 0 spiro atoms. The van der Waals surface area contributed by atoms with Crippen molar-refractivity contribution >= 4 is 0 Å². The molecular formula is C15H30O9. The van der Waals surface area contributed by atoms with Crippen LogP contribution in [-0.4, -0.2) is 113 Å². The molecule has 1 heterocycles. The van der Waals surface area contributed by atoms with Crippen LogP contribution in [-0.2, 0) is 28.4 Å². The summed E-state index contributed by atoms with van der Waals surface area (Å²) < 4.78 is 33.0. The molecule has 4 unspecified atom stereocenters. The summed E-state index contributed by atoms with van der Waals surface area (Å²) in [5.74, 6) is 0. The van der Waals surface area contributed by atoms with E-state index < -0.39 is 18.3 Å². The van der Waals surface area contributed by atoms with Crippen LogP contribution in [0.15, 0.2) is 0 Å². The van der Waals surface area contributed by atoms with Gasteiger partial charge in [0.1, 0.15) is 24.4 Å². The average Bonchev–Trinajstić information content (AvgIpc) is 3.00. The molecule has 0 aromatic heterocycles. The molecule has 9 heteroatoms. The van der Waals surface area contributed by atoms with Gasteiger partial charge in [0.05, 0.1) is 66.1 Å². The van der Waals surface area contributed by atoms with E-state index in [0.717, 1.165) is 0 Å². The van der Waals surface area contributed by atoms with Gasteiger partial charge in [0.25, 0.3) is 0 Å². The van der Waals surface area contributed by atoms with Crippen LogP contribution in [0.25, 0.3) is 0 Å². The third kappa shape index (κ3) is 7.68. The molecule has 9 nitrogen and oxygen atoms in total. The maximum absolute atomic E-state index is 9.01. The van der Waals surface area contributed by atoms with Crippen LogP contribution in [0.3, 0.4) is 0 Å². The second-order valence-corrected chi connectivity index (χ2v) is 5.19. The van der Waals surface area contributed by atoms with Crippen LogP contribution in [0.4, 0.5) is 0 Å². The van der Waals surface area contributed by atoms with Crippen LogP contribution < -0.4 is 0 Å². The summed E-state index contributed by atoms with van der Waals surface area (Å²) >= 11 is 0. The Labute approximate surface area is 142 Å². The molecule has 1 fully saturated rings. The third-order valence-electron chi connectivity index (χ3n) is 3.47. The van der Waals surface area contributed by atoms with Crippen molar-refractivity contribution in [2.75, 3.05) is 73.2 Å². The maximum Gasteiger partial charge on any atom is 0.115 e. The molecule has 1 rings (SSSR count). The summed E-state index contributed by atoms with van der Waals surface area (Å²) in [5, 5.41) is 26.9. The second kappa shape index (κ2) is 13.9. The van der Waals surface area contributed by atoms with Gasteiger partial charge in [-0.05, 0) is 0 Å². The second-order valence-electron chi connectivity index (χ2n) is 5.19. The quantitative estimate of drug-likeness (QED) is 0.292. The lowest BCUT2D eigenvalue weighted by atomic mass is 10.1. The van der Waals surface area contributed by atoms with Crippen LogP contribution in [0.5, 0.6) is 0 Å².